The Bertz CT molecular complexity index is 459. The summed E-state index contributed by atoms with van der Waals surface area (Å²) in [7, 11) is 1.45. The van der Waals surface area contributed by atoms with Crippen molar-refractivity contribution in [1.82, 2.24) is 4.90 Å². The molecule has 20 heavy (non-hydrogen) atoms. The van der Waals surface area contributed by atoms with Gasteiger partial charge in [0.25, 0.3) is 5.91 Å². The van der Waals surface area contributed by atoms with Crippen LogP contribution in [0.3, 0.4) is 0 Å². The van der Waals surface area contributed by atoms with Gasteiger partial charge >= 0.3 is 0 Å². The van der Waals surface area contributed by atoms with Crippen LogP contribution in [0.5, 0.6) is 11.5 Å². The summed E-state index contributed by atoms with van der Waals surface area (Å²) in [6, 6.07) is 3.27. The number of rotatable bonds is 2. The Morgan fingerprint density at radius 1 is 1.35 bits per heavy atom. The smallest absolute Gasteiger partial charge is 0.257 e. The Morgan fingerprint density at radius 2 is 1.95 bits per heavy atom. The number of ether oxygens (including phenoxy) is 2. The van der Waals surface area contributed by atoms with Gasteiger partial charge in [-0.1, -0.05) is 13.8 Å². The number of hydrogen-bond acceptors (Lipinski definition) is 4. The molecule has 0 saturated carbocycles. The summed E-state index contributed by atoms with van der Waals surface area (Å²) < 4.78 is 10.9. The molecule has 1 fully saturated rings. The van der Waals surface area contributed by atoms with Crippen LogP contribution in [0.2, 0.25) is 0 Å². The minimum Gasteiger partial charge on any atom is -0.504 e. The Balaban J connectivity index is 0.000000956. The van der Waals surface area contributed by atoms with Crippen molar-refractivity contribution in [3.05, 3.63) is 22.2 Å². The zero-order chi connectivity index (χ0) is 15.1. The molecular weight excluding hydrogens is 326 g/mol. The van der Waals surface area contributed by atoms with Gasteiger partial charge in [-0.3, -0.25) is 4.79 Å². The number of amides is 1. The number of carbonyl (C=O) groups is 1. The predicted octanol–water partition coefficient (Wildman–Crippen LogP) is 2.66. The quantitative estimate of drug-likeness (QED) is 0.895. The first-order valence-electron chi connectivity index (χ1n) is 6.57. The fraction of sp³-hybridized carbons (Fsp3) is 0.500. The van der Waals surface area contributed by atoms with Crippen molar-refractivity contribution in [3.8, 4) is 11.5 Å². The van der Waals surface area contributed by atoms with Crippen molar-refractivity contribution >= 4 is 21.8 Å². The van der Waals surface area contributed by atoms with Crippen molar-refractivity contribution in [2.24, 2.45) is 0 Å². The van der Waals surface area contributed by atoms with Gasteiger partial charge in [-0.05, 0) is 28.1 Å². The summed E-state index contributed by atoms with van der Waals surface area (Å²) >= 11 is 3.26. The van der Waals surface area contributed by atoms with Gasteiger partial charge in [0.2, 0.25) is 0 Å². The Labute approximate surface area is 127 Å². The van der Waals surface area contributed by atoms with Crippen LogP contribution in [0.1, 0.15) is 24.2 Å². The zero-order valence-corrected chi connectivity index (χ0v) is 13.6. The van der Waals surface area contributed by atoms with E-state index in [1.165, 1.54) is 7.11 Å². The SMILES string of the molecule is CC.COc1c(Br)ccc(C(=O)N2CCOCC2)c1O. The molecule has 5 nitrogen and oxygen atoms in total. The standard InChI is InChI=1S/C12H14BrNO4.C2H6/c1-17-11-9(13)3-2-8(10(11)15)12(16)14-4-6-18-7-5-14;1-2/h2-3,15H,4-7H2,1H3;1-2H3. The molecule has 0 atom stereocenters. The highest BCUT2D eigenvalue weighted by Crippen LogP contribution is 2.37. The molecule has 0 radical (unpaired) electrons. The van der Waals surface area contributed by atoms with E-state index in [1.807, 2.05) is 13.8 Å². The number of benzene rings is 1. The van der Waals surface area contributed by atoms with Gasteiger partial charge in [0.1, 0.15) is 0 Å². The van der Waals surface area contributed by atoms with Gasteiger partial charge in [-0.2, -0.15) is 0 Å². The van der Waals surface area contributed by atoms with Gasteiger partial charge in [-0.15, -0.1) is 0 Å². The number of halogens is 1. The summed E-state index contributed by atoms with van der Waals surface area (Å²) in [5, 5.41) is 10.0. The number of aromatic hydroxyl groups is 1. The van der Waals surface area contributed by atoms with Gasteiger partial charge in [-0.25, -0.2) is 0 Å². The summed E-state index contributed by atoms with van der Waals surface area (Å²) in [5.41, 5.74) is 0.247. The fourth-order valence-electron chi connectivity index (χ4n) is 1.85. The van der Waals surface area contributed by atoms with Crippen LogP contribution >= 0.6 is 15.9 Å². The average molecular weight is 346 g/mol. The van der Waals surface area contributed by atoms with Crippen molar-refractivity contribution in [1.29, 1.82) is 0 Å². The van der Waals surface area contributed by atoms with E-state index in [0.29, 0.717) is 30.8 Å². The molecule has 0 bridgehead atoms. The maximum atomic E-state index is 12.2. The third-order valence-electron chi connectivity index (χ3n) is 2.82. The first kappa shape index (κ1) is 16.8. The molecule has 1 amide bonds. The Kier molecular flexibility index (Phi) is 6.81. The normalized spacial score (nSPS) is 14.3. The van der Waals surface area contributed by atoms with Gasteiger partial charge in [0.05, 0.1) is 30.4 Å². The Hall–Kier alpha value is -1.27. The summed E-state index contributed by atoms with van der Waals surface area (Å²) in [4.78, 5) is 13.9. The number of morpholine rings is 1. The van der Waals surface area contributed by atoms with E-state index in [-0.39, 0.29) is 23.0 Å². The molecule has 0 aliphatic carbocycles. The predicted molar refractivity (Wildman–Crippen MR) is 80.4 cm³/mol. The highest BCUT2D eigenvalue weighted by atomic mass is 79.9. The topological polar surface area (TPSA) is 59.0 Å². The van der Waals surface area contributed by atoms with Crippen molar-refractivity contribution < 1.29 is 19.4 Å². The highest BCUT2D eigenvalue weighted by molar-refractivity contribution is 9.10. The lowest BCUT2D eigenvalue weighted by atomic mass is 10.1. The van der Waals surface area contributed by atoms with E-state index >= 15 is 0 Å². The van der Waals surface area contributed by atoms with E-state index in [0.717, 1.165) is 0 Å². The fourth-order valence-corrected chi connectivity index (χ4v) is 2.33. The van der Waals surface area contributed by atoms with Crippen molar-refractivity contribution in [2.75, 3.05) is 33.4 Å². The van der Waals surface area contributed by atoms with Gasteiger partial charge < -0.3 is 19.5 Å². The first-order chi connectivity index (χ1) is 9.65. The van der Waals surface area contributed by atoms with Crippen LogP contribution in [0, 0.1) is 0 Å². The van der Waals surface area contributed by atoms with Crippen LogP contribution in [0.15, 0.2) is 16.6 Å². The zero-order valence-electron chi connectivity index (χ0n) is 12.0. The number of methoxy groups -OCH3 is 1. The summed E-state index contributed by atoms with van der Waals surface area (Å²) in [5.74, 6) is -0.0703. The Morgan fingerprint density at radius 3 is 2.50 bits per heavy atom. The molecule has 1 heterocycles. The van der Waals surface area contributed by atoms with Gasteiger partial charge in [0.15, 0.2) is 11.5 Å². The van der Waals surface area contributed by atoms with E-state index in [1.54, 1.807) is 17.0 Å². The molecule has 2 rings (SSSR count). The van der Waals surface area contributed by atoms with Crippen molar-refractivity contribution in [3.63, 3.8) is 0 Å². The molecule has 1 saturated heterocycles. The van der Waals surface area contributed by atoms with Gasteiger partial charge in [0, 0.05) is 13.1 Å². The molecule has 1 aliphatic heterocycles. The number of hydrogen-bond donors (Lipinski definition) is 1. The molecule has 112 valence electrons. The summed E-state index contributed by atoms with van der Waals surface area (Å²) in [6.45, 7) is 6.13. The largest absolute Gasteiger partial charge is 0.504 e. The lowest BCUT2D eigenvalue weighted by molar-refractivity contribution is 0.0300. The van der Waals surface area contributed by atoms with E-state index in [9.17, 15) is 9.90 Å². The second-order valence-corrected chi connectivity index (χ2v) is 4.74. The maximum Gasteiger partial charge on any atom is 0.257 e. The van der Waals surface area contributed by atoms with Crippen LogP contribution < -0.4 is 4.74 Å². The third-order valence-corrected chi connectivity index (χ3v) is 3.44. The number of carbonyl (C=O) groups excluding carboxylic acids is 1. The van der Waals surface area contributed by atoms with E-state index in [2.05, 4.69) is 15.9 Å². The minimum atomic E-state index is -0.207. The highest BCUT2D eigenvalue weighted by Gasteiger charge is 2.23. The third kappa shape index (κ3) is 3.64. The second-order valence-electron chi connectivity index (χ2n) is 3.88. The van der Waals surface area contributed by atoms with Crippen LogP contribution in [0.4, 0.5) is 0 Å². The van der Waals surface area contributed by atoms with Crippen molar-refractivity contribution in [2.45, 2.75) is 13.8 Å². The number of nitrogens with zero attached hydrogens (tertiary/aromatic N) is 1. The van der Waals surface area contributed by atoms with E-state index < -0.39 is 0 Å². The molecule has 1 aromatic rings. The lowest BCUT2D eigenvalue weighted by Crippen LogP contribution is -2.40. The molecule has 6 heteroatoms. The lowest BCUT2D eigenvalue weighted by Gasteiger charge is -2.27. The maximum absolute atomic E-state index is 12.2. The summed E-state index contributed by atoms with van der Waals surface area (Å²) in [6.07, 6.45) is 0. The molecule has 0 unspecified atom stereocenters. The molecule has 0 spiro atoms. The number of phenolic OH excluding ortho intramolecular Hbond substituents is 1. The molecule has 1 aromatic carbocycles. The average Bonchev–Trinajstić information content (AvgIpc) is 2.50. The van der Waals surface area contributed by atoms with Crippen LogP contribution in [-0.2, 0) is 4.74 Å². The number of phenols is 1. The van der Waals surface area contributed by atoms with Crippen LogP contribution in [-0.4, -0.2) is 49.3 Å². The molecule has 1 N–H and O–H groups in total. The monoisotopic (exact) mass is 345 g/mol. The first-order valence-corrected chi connectivity index (χ1v) is 7.37. The van der Waals surface area contributed by atoms with E-state index in [4.69, 9.17) is 9.47 Å². The minimum absolute atomic E-state index is 0.136. The molecular formula is C14H20BrNO4. The second kappa shape index (κ2) is 8.11. The van der Waals surface area contributed by atoms with Crippen LogP contribution in [0.25, 0.3) is 0 Å². The molecule has 1 aliphatic rings. The molecule has 0 aromatic heterocycles.